The fourth-order valence-corrected chi connectivity index (χ4v) is 1.37. The second kappa shape index (κ2) is 4.58. The minimum atomic E-state index is 0. The van der Waals surface area contributed by atoms with Gasteiger partial charge in [-0.1, -0.05) is 36.4 Å². The van der Waals surface area contributed by atoms with Crippen molar-refractivity contribution in [2.24, 2.45) is 0 Å². The molecule has 0 amide bonds. The molecule has 0 spiro atoms. The number of hydrogen-bond acceptors (Lipinski definition) is 0. The molecule has 1 aromatic rings. The first-order valence-electron chi connectivity index (χ1n) is 3.71. The summed E-state index contributed by atoms with van der Waals surface area (Å²) in [5, 5.41) is 0. The van der Waals surface area contributed by atoms with Gasteiger partial charge in [0.2, 0.25) is 0 Å². The van der Waals surface area contributed by atoms with Crippen LogP contribution in [0, 0.1) is 0 Å². The Morgan fingerprint density at radius 3 is 2.73 bits per heavy atom. The van der Waals surface area contributed by atoms with E-state index in [2.05, 4.69) is 36.4 Å². The normalized spacial score (nSPS) is 13.5. The van der Waals surface area contributed by atoms with Crippen molar-refractivity contribution in [1.82, 2.24) is 0 Å². The number of rotatable bonds is 0. The van der Waals surface area contributed by atoms with Gasteiger partial charge in [0.05, 0.1) is 0 Å². The number of aryl methyl sites for hydroxylation is 1. The van der Waals surface area contributed by atoms with Gasteiger partial charge in [0.25, 0.3) is 0 Å². The van der Waals surface area contributed by atoms with Crippen LogP contribution in [0.2, 0.25) is 0 Å². The number of benzene rings is 1. The quantitative estimate of drug-likeness (QED) is 0.523. The molecule has 0 saturated carbocycles. The van der Waals surface area contributed by atoms with Gasteiger partial charge in [-0.05, 0) is 24.0 Å². The van der Waals surface area contributed by atoms with Crippen LogP contribution in [-0.2, 0) is 6.42 Å². The number of fused-ring (bicyclic) bond motifs is 1. The molecule has 51 valence electrons. The fourth-order valence-electron chi connectivity index (χ4n) is 1.37. The summed E-state index contributed by atoms with van der Waals surface area (Å²) in [6.07, 6.45) is 6.87. The topological polar surface area (TPSA) is 0 Å². The predicted octanol–water partition coefficient (Wildman–Crippen LogP) is 2.27. The smallest absolute Gasteiger partial charge is 0 e. The molecule has 1 aromatic carbocycles. The Morgan fingerprint density at radius 1 is 1.09 bits per heavy atom. The van der Waals surface area contributed by atoms with Gasteiger partial charge < -0.3 is 0 Å². The third-order valence-corrected chi connectivity index (χ3v) is 1.93. The Hall–Kier alpha value is 0.596. The molecule has 2 rings (SSSR count). The van der Waals surface area contributed by atoms with Crippen LogP contribution < -0.4 is 0 Å². The van der Waals surface area contributed by atoms with Crippen LogP contribution in [0.15, 0.2) is 30.3 Å². The van der Waals surface area contributed by atoms with Crippen molar-refractivity contribution in [3.05, 3.63) is 41.5 Å². The van der Waals surface area contributed by atoms with Gasteiger partial charge in [-0.3, -0.25) is 0 Å². The van der Waals surface area contributed by atoms with Crippen LogP contribution in [0.25, 0.3) is 6.08 Å². The average Bonchev–Trinajstić information content (AvgIpc) is 2.05. The zero-order chi connectivity index (χ0) is 6.81. The molecule has 0 heterocycles. The van der Waals surface area contributed by atoms with Crippen molar-refractivity contribution in [2.45, 2.75) is 12.8 Å². The van der Waals surface area contributed by atoms with Crippen LogP contribution in [0.3, 0.4) is 0 Å². The third-order valence-electron chi connectivity index (χ3n) is 1.93. The van der Waals surface area contributed by atoms with E-state index in [-0.39, 0.29) is 51.4 Å². The van der Waals surface area contributed by atoms with Crippen LogP contribution in [0.4, 0.5) is 0 Å². The van der Waals surface area contributed by atoms with Crippen molar-refractivity contribution in [1.29, 1.82) is 0 Å². The van der Waals surface area contributed by atoms with E-state index in [9.17, 15) is 0 Å². The molecule has 1 aliphatic rings. The van der Waals surface area contributed by atoms with Crippen molar-refractivity contribution in [3.8, 4) is 0 Å². The molecule has 1 radical (unpaired) electrons. The van der Waals surface area contributed by atoms with Gasteiger partial charge in [0.1, 0.15) is 0 Å². The summed E-state index contributed by atoms with van der Waals surface area (Å²) in [6.45, 7) is 0. The Morgan fingerprint density at radius 2 is 1.91 bits per heavy atom. The first-order valence-corrected chi connectivity index (χ1v) is 3.71. The summed E-state index contributed by atoms with van der Waals surface area (Å²) in [6, 6.07) is 8.58. The van der Waals surface area contributed by atoms with Crippen LogP contribution in [0.5, 0.6) is 0 Å². The molecule has 0 unspecified atom stereocenters. The first kappa shape index (κ1) is 9.68. The molecule has 0 fully saturated rings. The summed E-state index contributed by atoms with van der Waals surface area (Å²) in [5.74, 6) is 0. The van der Waals surface area contributed by atoms with E-state index in [0.29, 0.717) is 0 Å². The molecule has 0 nitrogen and oxygen atoms in total. The second-order valence-corrected chi connectivity index (χ2v) is 2.64. The Balaban J connectivity index is 0.000000605. The minimum Gasteiger partial charge on any atom is -0.0836 e. The van der Waals surface area contributed by atoms with Crippen LogP contribution in [-0.4, -0.2) is 51.4 Å². The molecule has 11 heavy (non-hydrogen) atoms. The Labute approximate surface area is 110 Å². The Bertz CT molecular complexity index is 263. The molecular formula is C10H10K. The Kier molecular flexibility index (Phi) is 4.03. The van der Waals surface area contributed by atoms with Crippen molar-refractivity contribution < 1.29 is 0 Å². The third kappa shape index (κ3) is 2.26. The molecule has 0 saturated heterocycles. The molecule has 0 bridgehead atoms. The maximum atomic E-state index is 2.24. The van der Waals surface area contributed by atoms with E-state index in [1.165, 1.54) is 24.0 Å². The summed E-state index contributed by atoms with van der Waals surface area (Å²) in [5.41, 5.74) is 2.89. The summed E-state index contributed by atoms with van der Waals surface area (Å²) >= 11 is 0. The SMILES string of the molecule is C1=Cc2ccccc2CC1.[K]. The first-order chi connectivity index (χ1) is 4.97. The summed E-state index contributed by atoms with van der Waals surface area (Å²) in [7, 11) is 0. The summed E-state index contributed by atoms with van der Waals surface area (Å²) < 4.78 is 0. The largest absolute Gasteiger partial charge is 0.0836 e. The van der Waals surface area contributed by atoms with Crippen molar-refractivity contribution >= 4 is 57.5 Å². The fraction of sp³-hybridized carbons (Fsp3) is 0.200. The summed E-state index contributed by atoms with van der Waals surface area (Å²) in [4.78, 5) is 0. The van der Waals surface area contributed by atoms with Crippen molar-refractivity contribution in [2.75, 3.05) is 0 Å². The molecule has 0 N–H and O–H groups in total. The number of hydrogen-bond donors (Lipinski definition) is 0. The second-order valence-electron chi connectivity index (χ2n) is 2.64. The standard InChI is InChI=1S/C10H10.K/c1-2-6-10-8-4-3-7-9(10)5-1;/h1-3,5-7H,4,8H2;. The van der Waals surface area contributed by atoms with Crippen molar-refractivity contribution in [3.63, 3.8) is 0 Å². The molecule has 0 atom stereocenters. The molecule has 1 aliphatic carbocycles. The maximum Gasteiger partial charge on any atom is 0 e. The molecule has 0 aliphatic heterocycles. The van der Waals surface area contributed by atoms with Gasteiger partial charge in [-0.25, -0.2) is 0 Å². The van der Waals surface area contributed by atoms with Crippen LogP contribution in [0.1, 0.15) is 17.5 Å². The van der Waals surface area contributed by atoms with Gasteiger partial charge in [0, 0.05) is 51.4 Å². The predicted molar refractivity (Wildman–Crippen MR) is 49.6 cm³/mol. The van der Waals surface area contributed by atoms with E-state index in [0.717, 1.165) is 0 Å². The molecule has 1 heteroatoms. The zero-order valence-electron chi connectivity index (χ0n) is 6.88. The maximum absolute atomic E-state index is 2.24. The van der Waals surface area contributed by atoms with E-state index >= 15 is 0 Å². The average molecular weight is 169 g/mol. The minimum absolute atomic E-state index is 0. The van der Waals surface area contributed by atoms with Gasteiger partial charge in [0.15, 0.2) is 0 Å². The monoisotopic (exact) mass is 169 g/mol. The van der Waals surface area contributed by atoms with E-state index in [1.54, 1.807) is 0 Å². The van der Waals surface area contributed by atoms with Gasteiger partial charge in [-0.15, -0.1) is 0 Å². The van der Waals surface area contributed by atoms with E-state index in [4.69, 9.17) is 0 Å². The molecular weight excluding hydrogens is 159 g/mol. The van der Waals surface area contributed by atoms with Crippen LogP contribution >= 0.6 is 0 Å². The zero-order valence-corrected chi connectivity index (χ0v) is 10.0. The molecule has 0 aromatic heterocycles. The number of allylic oxidation sites excluding steroid dienone is 1. The van der Waals surface area contributed by atoms with E-state index in [1.807, 2.05) is 0 Å². The van der Waals surface area contributed by atoms with Gasteiger partial charge in [-0.2, -0.15) is 0 Å². The van der Waals surface area contributed by atoms with Gasteiger partial charge >= 0.3 is 0 Å². The van der Waals surface area contributed by atoms with E-state index < -0.39 is 0 Å².